The van der Waals surface area contributed by atoms with Gasteiger partial charge in [-0.25, -0.2) is 0 Å². The van der Waals surface area contributed by atoms with Crippen molar-refractivity contribution in [1.82, 2.24) is 0 Å². The third-order valence-electron chi connectivity index (χ3n) is 6.53. The number of hydrogen-bond donors (Lipinski definition) is 0. The molecule has 0 amide bonds. The molecule has 0 aromatic heterocycles. The van der Waals surface area contributed by atoms with Crippen molar-refractivity contribution in [3.8, 4) is 0 Å². The van der Waals surface area contributed by atoms with Crippen molar-refractivity contribution >= 4 is 11.9 Å². The Morgan fingerprint density at radius 2 is 1.96 bits per heavy atom. The van der Waals surface area contributed by atoms with E-state index in [9.17, 15) is 9.59 Å². The van der Waals surface area contributed by atoms with Crippen LogP contribution in [-0.4, -0.2) is 43.7 Å². The van der Waals surface area contributed by atoms with Gasteiger partial charge in [0.2, 0.25) is 0 Å². The fraction of sp³-hybridized carbons (Fsp3) is 0.889. The van der Waals surface area contributed by atoms with E-state index in [1.807, 2.05) is 20.8 Å². The van der Waals surface area contributed by atoms with Gasteiger partial charge in [-0.05, 0) is 33.1 Å². The summed E-state index contributed by atoms with van der Waals surface area (Å²) < 4.78 is 22.9. The maximum Gasteiger partial charge on any atom is 0.311 e. The van der Waals surface area contributed by atoms with Crippen LogP contribution >= 0.6 is 0 Å². The van der Waals surface area contributed by atoms with Gasteiger partial charge in [0.1, 0.15) is 12.7 Å². The van der Waals surface area contributed by atoms with Crippen LogP contribution in [0.25, 0.3) is 0 Å². The molecule has 6 nitrogen and oxygen atoms in total. The third kappa shape index (κ3) is 1.96. The molecular weight excluding hydrogens is 312 g/mol. The van der Waals surface area contributed by atoms with Crippen LogP contribution in [0.2, 0.25) is 0 Å². The van der Waals surface area contributed by atoms with Gasteiger partial charge in [-0.1, -0.05) is 6.92 Å². The van der Waals surface area contributed by atoms with Crippen LogP contribution in [0.3, 0.4) is 0 Å². The summed E-state index contributed by atoms with van der Waals surface area (Å²) in [6, 6.07) is 0. The van der Waals surface area contributed by atoms with Crippen molar-refractivity contribution in [1.29, 1.82) is 0 Å². The zero-order chi connectivity index (χ0) is 17.3. The number of hydrogen-bond acceptors (Lipinski definition) is 6. The van der Waals surface area contributed by atoms with E-state index >= 15 is 0 Å². The van der Waals surface area contributed by atoms with Crippen molar-refractivity contribution in [2.24, 2.45) is 28.6 Å². The van der Waals surface area contributed by atoms with E-state index in [0.29, 0.717) is 19.1 Å². The average molecular weight is 338 g/mol. The topological polar surface area (TPSA) is 71.1 Å². The molecule has 5 atom stereocenters. The monoisotopic (exact) mass is 338 g/mol. The van der Waals surface area contributed by atoms with Gasteiger partial charge in [-0.3, -0.25) is 9.59 Å². The second kappa shape index (κ2) is 4.94. The first-order chi connectivity index (χ1) is 11.2. The fourth-order valence-electron chi connectivity index (χ4n) is 5.26. The quantitative estimate of drug-likeness (QED) is 0.716. The lowest BCUT2D eigenvalue weighted by atomic mass is 9.47. The first-order valence-electron chi connectivity index (χ1n) is 8.86. The van der Waals surface area contributed by atoms with Crippen LogP contribution in [0.1, 0.15) is 40.5 Å². The number of rotatable bonds is 2. The van der Waals surface area contributed by atoms with E-state index in [-0.39, 0.29) is 41.9 Å². The Morgan fingerprint density at radius 3 is 2.58 bits per heavy atom. The minimum absolute atomic E-state index is 0.0702. The molecule has 2 aliphatic carbocycles. The molecule has 24 heavy (non-hydrogen) atoms. The van der Waals surface area contributed by atoms with E-state index in [1.165, 1.54) is 0 Å². The highest BCUT2D eigenvalue weighted by Gasteiger charge is 2.78. The van der Waals surface area contributed by atoms with E-state index in [0.717, 1.165) is 12.8 Å². The smallest absolute Gasteiger partial charge is 0.311 e. The highest BCUT2D eigenvalue weighted by atomic mass is 16.7. The SMILES string of the molecule is CC(C)(C)C(=O)OC[C@H]1OC(=O)[C@H]2[C@H]3[C@H](CCC34OCCO4)[C@@]12C. The summed E-state index contributed by atoms with van der Waals surface area (Å²) in [5, 5.41) is 0. The standard InChI is InChI=1S/C18H26O6/c1-16(2,3)15(20)21-9-11-17(4)10-5-6-18(22-7-8-23-18)12(10)13(17)14(19)24-11/h10-13H,5-9H2,1-4H3/t10-,11+,12+,13+,17-/m0/s1. The van der Waals surface area contributed by atoms with Crippen LogP contribution in [0.4, 0.5) is 0 Å². The third-order valence-corrected chi connectivity index (χ3v) is 6.53. The molecule has 134 valence electrons. The Morgan fingerprint density at radius 1 is 1.29 bits per heavy atom. The molecule has 2 saturated heterocycles. The summed E-state index contributed by atoms with van der Waals surface area (Å²) in [5.41, 5.74) is -0.854. The highest BCUT2D eigenvalue weighted by molar-refractivity contribution is 5.79. The van der Waals surface area contributed by atoms with Crippen molar-refractivity contribution in [3.05, 3.63) is 0 Å². The van der Waals surface area contributed by atoms with Crippen LogP contribution in [0.15, 0.2) is 0 Å². The molecule has 2 aliphatic heterocycles. The predicted octanol–water partition coefficient (Wildman–Crippen LogP) is 1.91. The maximum atomic E-state index is 12.5. The number of fused-ring (bicyclic) bond motifs is 5. The molecule has 2 heterocycles. The average Bonchev–Trinajstić information content (AvgIpc) is 3.13. The molecule has 0 bridgehead atoms. The van der Waals surface area contributed by atoms with Gasteiger partial charge < -0.3 is 18.9 Å². The summed E-state index contributed by atoms with van der Waals surface area (Å²) in [4.78, 5) is 24.5. The normalized spacial score (nSPS) is 42.4. The van der Waals surface area contributed by atoms with Crippen LogP contribution < -0.4 is 0 Å². The minimum Gasteiger partial charge on any atom is -0.461 e. The molecule has 0 radical (unpaired) electrons. The van der Waals surface area contributed by atoms with Gasteiger partial charge in [0.15, 0.2) is 5.79 Å². The molecule has 0 aromatic carbocycles. The molecule has 6 heteroatoms. The molecule has 2 saturated carbocycles. The van der Waals surface area contributed by atoms with Crippen molar-refractivity contribution in [3.63, 3.8) is 0 Å². The predicted molar refractivity (Wildman–Crippen MR) is 82.7 cm³/mol. The number of carbonyl (C=O) groups excluding carboxylic acids is 2. The fourth-order valence-corrected chi connectivity index (χ4v) is 5.26. The number of cyclic esters (lactones) is 1. The van der Waals surface area contributed by atoms with Gasteiger partial charge in [0.05, 0.1) is 24.5 Å². The van der Waals surface area contributed by atoms with E-state index in [1.54, 1.807) is 0 Å². The van der Waals surface area contributed by atoms with Crippen LogP contribution in [-0.2, 0) is 28.5 Å². The second-order valence-electron chi connectivity index (χ2n) is 8.80. The maximum absolute atomic E-state index is 12.5. The summed E-state index contributed by atoms with van der Waals surface area (Å²) in [6.07, 6.45) is 1.41. The summed E-state index contributed by atoms with van der Waals surface area (Å²) >= 11 is 0. The van der Waals surface area contributed by atoms with Crippen molar-refractivity contribution in [2.75, 3.05) is 19.8 Å². The number of ether oxygens (including phenoxy) is 4. The zero-order valence-electron chi connectivity index (χ0n) is 14.8. The molecule has 4 fully saturated rings. The molecule has 0 aromatic rings. The second-order valence-corrected chi connectivity index (χ2v) is 8.80. The molecule has 1 spiro atoms. The lowest BCUT2D eigenvalue weighted by Gasteiger charge is -2.55. The van der Waals surface area contributed by atoms with Gasteiger partial charge in [0, 0.05) is 17.8 Å². The van der Waals surface area contributed by atoms with Gasteiger partial charge in [-0.15, -0.1) is 0 Å². The molecule has 0 unspecified atom stereocenters. The van der Waals surface area contributed by atoms with Gasteiger partial charge in [-0.2, -0.15) is 0 Å². The Labute approximate surface area is 142 Å². The first kappa shape index (κ1) is 16.3. The Kier molecular flexibility index (Phi) is 3.37. The Hall–Kier alpha value is -1.14. The van der Waals surface area contributed by atoms with E-state index in [2.05, 4.69) is 6.92 Å². The largest absolute Gasteiger partial charge is 0.461 e. The molecule has 4 rings (SSSR count). The number of carbonyl (C=O) groups is 2. The highest BCUT2D eigenvalue weighted by Crippen LogP contribution is 2.71. The molecule has 0 N–H and O–H groups in total. The van der Waals surface area contributed by atoms with Gasteiger partial charge >= 0.3 is 11.9 Å². The van der Waals surface area contributed by atoms with Crippen LogP contribution in [0.5, 0.6) is 0 Å². The van der Waals surface area contributed by atoms with Gasteiger partial charge in [0.25, 0.3) is 0 Å². The van der Waals surface area contributed by atoms with E-state index < -0.39 is 11.2 Å². The zero-order valence-corrected chi connectivity index (χ0v) is 14.8. The van der Waals surface area contributed by atoms with Crippen molar-refractivity contribution < 1.29 is 28.5 Å². The lowest BCUT2D eigenvalue weighted by molar-refractivity contribution is -0.248. The summed E-state index contributed by atoms with van der Waals surface area (Å²) in [5.74, 6) is -0.902. The Balaban J connectivity index is 1.51. The van der Waals surface area contributed by atoms with Crippen molar-refractivity contribution in [2.45, 2.75) is 52.4 Å². The Bertz CT molecular complexity index is 573. The lowest BCUT2D eigenvalue weighted by Crippen LogP contribution is -2.62. The first-order valence-corrected chi connectivity index (χ1v) is 8.86. The summed E-state index contributed by atoms with van der Waals surface area (Å²) in [7, 11) is 0. The number of esters is 2. The molecular formula is C18H26O6. The van der Waals surface area contributed by atoms with Crippen LogP contribution in [0, 0.1) is 28.6 Å². The van der Waals surface area contributed by atoms with E-state index in [4.69, 9.17) is 18.9 Å². The summed E-state index contributed by atoms with van der Waals surface area (Å²) in [6.45, 7) is 8.85. The molecule has 4 aliphatic rings. The minimum atomic E-state index is -0.592.